The highest BCUT2D eigenvalue weighted by Crippen LogP contribution is 2.29. The van der Waals surface area contributed by atoms with E-state index < -0.39 is 11.8 Å². The molecule has 5 heteroatoms. The van der Waals surface area contributed by atoms with Crippen LogP contribution in [-0.2, 0) is 24.1 Å². The third-order valence-electron chi connectivity index (χ3n) is 4.41. The standard InChI is InChI=1S/C20H15FO4/c21-13-4-1-3-12(9-13)10-19(22)24-14-7-8-16-15-5-2-6-17(15)20(23)25-18(16)11-14/h1,3-4,7-9,11H,2,5-6,10H2. The normalized spacial score (nSPS) is 13.0. The molecule has 0 saturated carbocycles. The van der Waals surface area contributed by atoms with Crippen LogP contribution in [0.4, 0.5) is 4.39 Å². The molecule has 0 fully saturated rings. The van der Waals surface area contributed by atoms with Gasteiger partial charge in [0.1, 0.15) is 17.1 Å². The number of carbonyl (C=O) groups is 1. The lowest BCUT2D eigenvalue weighted by atomic mass is 10.1. The largest absolute Gasteiger partial charge is 0.426 e. The van der Waals surface area contributed by atoms with Gasteiger partial charge in [0.15, 0.2) is 0 Å². The number of halogens is 1. The molecular weight excluding hydrogens is 323 g/mol. The average Bonchev–Trinajstić information content (AvgIpc) is 3.05. The molecule has 0 N–H and O–H groups in total. The second kappa shape index (κ2) is 6.16. The lowest BCUT2D eigenvalue weighted by Crippen LogP contribution is -2.11. The fourth-order valence-electron chi connectivity index (χ4n) is 3.31. The number of hydrogen-bond donors (Lipinski definition) is 0. The van der Waals surface area contributed by atoms with Crippen LogP contribution < -0.4 is 10.4 Å². The monoisotopic (exact) mass is 338 g/mol. The Balaban J connectivity index is 1.59. The molecule has 126 valence electrons. The molecule has 1 heterocycles. The van der Waals surface area contributed by atoms with Crippen LogP contribution in [0.3, 0.4) is 0 Å². The lowest BCUT2D eigenvalue weighted by Gasteiger charge is -2.07. The number of carbonyl (C=O) groups excluding carboxylic acids is 1. The molecule has 3 aromatic rings. The van der Waals surface area contributed by atoms with E-state index in [0.717, 1.165) is 35.8 Å². The van der Waals surface area contributed by atoms with E-state index in [-0.39, 0.29) is 12.0 Å². The number of aryl methyl sites for hydroxylation is 1. The highest BCUT2D eigenvalue weighted by Gasteiger charge is 2.20. The zero-order valence-electron chi connectivity index (χ0n) is 13.4. The molecule has 0 spiro atoms. The Hall–Kier alpha value is -2.95. The summed E-state index contributed by atoms with van der Waals surface area (Å²) in [6.45, 7) is 0. The second-order valence-corrected chi connectivity index (χ2v) is 6.14. The summed E-state index contributed by atoms with van der Waals surface area (Å²) >= 11 is 0. The Morgan fingerprint density at radius 1 is 1.12 bits per heavy atom. The van der Waals surface area contributed by atoms with Gasteiger partial charge in [0.25, 0.3) is 0 Å². The first-order valence-corrected chi connectivity index (χ1v) is 8.14. The van der Waals surface area contributed by atoms with E-state index in [4.69, 9.17) is 9.15 Å². The molecule has 0 radical (unpaired) electrons. The van der Waals surface area contributed by atoms with Crippen LogP contribution in [0.15, 0.2) is 51.7 Å². The SMILES string of the molecule is O=C(Cc1cccc(F)c1)Oc1ccc2c3c(c(=O)oc2c1)CCC3. The molecule has 2 aromatic carbocycles. The Labute approximate surface area is 142 Å². The number of benzene rings is 2. The summed E-state index contributed by atoms with van der Waals surface area (Å²) in [4.78, 5) is 24.1. The number of hydrogen-bond acceptors (Lipinski definition) is 4. The van der Waals surface area contributed by atoms with E-state index in [0.29, 0.717) is 16.9 Å². The van der Waals surface area contributed by atoms with Crippen LogP contribution in [-0.4, -0.2) is 5.97 Å². The fraction of sp³-hybridized carbons (Fsp3) is 0.200. The topological polar surface area (TPSA) is 56.5 Å². The van der Waals surface area contributed by atoms with Crippen LogP contribution in [0.2, 0.25) is 0 Å². The van der Waals surface area contributed by atoms with Gasteiger partial charge in [0, 0.05) is 17.0 Å². The minimum atomic E-state index is -0.506. The van der Waals surface area contributed by atoms with E-state index >= 15 is 0 Å². The van der Waals surface area contributed by atoms with Crippen LogP contribution >= 0.6 is 0 Å². The van der Waals surface area contributed by atoms with Crippen molar-refractivity contribution in [3.63, 3.8) is 0 Å². The molecule has 4 rings (SSSR count). The number of rotatable bonds is 3. The summed E-state index contributed by atoms with van der Waals surface area (Å²) in [6.07, 6.45) is 2.52. The van der Waals surface area contributed by atoms with Crippen molar-refractivity contribution >= 4 is 16.9 Å². The van der Waals surface area contributed by atoms with Gasteiger partial charge in [-0.25, -0.2) is 9.18 Å². The molecule has 1 aliphatic carbocycles. The minimum Gasteiger partial charge on any atom is -0.426 e. The smallest absolute Gasteiger partial charge is 0.339 e. The molecule has 1 aromatic heterocycles. The molecular formula is C20H15FO4. The van der Waals surface area contributed by atoms with Crippen LogP contribution in [0.5, 0.6) is 5.75 Å². The van der Waals surface area contributed by atoms with Crippen molar-refractivity contribution in [2.24, 2.45) is 0 Å². The maximum Gasteiger partial charge on any atom is 0.339 e. The number of esters is 1. The number of ether oxygens (including phenoxy) is 1. The van der Waals surface area contributed by atoms with Gasteiger partial charge in [-0.1, -0.05) is 12.1 Å². The quantitative estimate of drug-likeness (QED) is 0.416. The Morgan fingerprint density at radius 3 is 2.80 bits per heavy atom. The lowest BCUT2D eigenvalue weighted by molar-refractivity contribution is -0.133. The van der Waals surface area contributed by atoms with Crippen molar-refractivity contribution in [2.75, 3.05) is 0 Å². The van der Waals surface area contributed by atoms with Crippen molar-refractivity contribution in [3.05, 3.63) is 75.4 Å². The Kier molecular flexibility index (Phi) is 3.84. The maximum atomic E-state index is 13.2. The number of fused-ring (bicyclic) bond motifs is 3. The predicted molar refractivity (Wildman–Crippen MR) is 90.2 cm³/mol. The summed E-state index contributed by atoms with van der Waals surface area (Å²) in [6, 6.07) is 10.9. The first-order valence-electron chi connectivity index (χ1n) is 8.14. The van der Waals surface area contributed by atoms with Gasteiger partial charge in [-0.15, -0.1) is 0 Å². The van der Waals surface area contributed by atoms with E-state index in [2.05, 4.69) is 0 Å². The molecule has 0 saturated heterocycles. The molecule has 25 heavy (non-hydrogen) atoms. The molecule has 1 aliphatic rings. The van der Waals surface area contributed by atoms with Crippen LogP contribution in [0.1, 0.15) is 23.1 Å². The van der Waals surface area contributed by atoms with Gasteiger partial charge in [0.2, 0.25) is 0 Å². The maximum absolute atomic E-state index is 13.2. The van der Waals surface area contributed by atoms with Gasteiger partial charge in [0.05, 0.1) is 6.42 Å². The Bertz CT molecular complexity index is 1040. The van der Waals surface area contributed by atoms with Gasteiger partial charge >= 0.3 is 11.6 Å². The third kappa shape index (κ3) is 3.05. The summed E-state index contributed by atoms with van der Waals surface area (Å²) in [7, 11) is 0. The van der Waals surface area contributed by atoms with Gasteiger partial charge in [-0.3, -0.25) is 4.79 Å². The molecule has 4 nitrogen and oxygen atoms in total. The molecule has 0 atom stereocenters. The van der Waals surface area contributed by atoms with Gasteiger partial charge < -0.3 is 9.15 Å². The first-order chi connectivity index (χ1) is 12.1. The van der Waals surface area contributed by atoms with E-state index in [1.807, 2.05) is 6.07 Å². The summed E-state index contributed by atoms with van der Waals surface area (Å²) in [5.74, 6) is -0.602. The van der Waals surface area contributed by atoms with Crippen molar-refractivity contribution < 1.29 is 18.3 Å². The van der Waals surface area contributed by atoms with Crippen LogP contribution in [0.25, 0.3) is 11.0 Å². The third-order valence-corrected chi connectivity index (χ3v) is 4.41. The first kappa shape index (κ1) is 15.6. The van der Waals surface area contributed by atoms with Crippen molar-refractivity contribution in [1.29, 1.82) is 0 Å². The zero-order valence-corrected chi connectivity index (χ0v) is 13.4. The second-order valence-electron chi connectivity index (χ2n) is 6.14. The molecule has 0 amide bonds. The van der Waals surface area contributed by atoms with E-state index in [1.165, 1.54) is 12.1 Å². The average molecular weight is 338 g/mol. The molecule has 0 aliphatic heterocycles. The molecule has 0 bridgehead atoms. The fourth-order valence-corrected chi connectivity index (χ4v) is 3.31. The molecule has 0 unspecified atom stereocenters. The summed E-state index contributed by atoms with van der Waals surface area (Å²) < 4.78 is 23.8. The summed E-state index contributed by atoms with van der Waals surface area (Å²) in [5.41, 5.74) is 2.42. The predicted octanol–water partition coefficient (Wildman–Crippen LogP) is 3.57. The van der Waals surface area contributed by atoms with Crippen molar-refractivity contribution in [1.82, 2.24) is 0 Å². The Morgan fingerprint density at radius 2 is 1.96 bits per heavy atom. The highest BCUT2D eigenvalue weighted by molar-refractivity contribution is 5.84. The summed E-state index contributed by atoms with van der Waals surface area (Å²) in [5, 5.41) is 0.886. The van der Waals surface area contributed by atoms with Gasteiger partial charge in [-0.05, 0) is 54.7 Å². The van der Waals surface area contributed by atoms with Crippen molar-refractivity contribution in [2.45, 2.75) is 25.7 Å². The van der Waals surface area contributed by atoms with E-state index in [9.17, 15) is 14.0 Å². The van der Waals surface area contributed by atoms with Crippen molar-refractivity contribution in [3.8, 4) is 5.75 Å². The van der Waals surface area contributed by atoms with Gasteiger partial charge in [-0.2, -0.15) is 0 Å². The zero-order chi connectivity index (χ0) is 17.4. The van der Waals surface area contributed by atoms with Crippen LogP contribution in [0, 0.1) is 5.82 Å². The highest BCUT2D eigenvalue weighted by atomic mass is 19.1. The minimum absolute atomic E-state index is 0.0378. The van der Waals surface area contributed by atoms with E-state index in [1.54, 1.807) is 24.3 Å².